The summed E-state index contributed by atoms with van der Waals surface area (Å²) in [6.45, 7) is 4.34. The minimum atomic E-state index is -0.167. The fraction of sp³-hybridized carbons (Fsp3) is 0.533. The number of halogens is 1. The number of carbonyl (C=O) groups is 1. The van der Waals surface area contributed by atoms with E-state index in [9.17, 15) is 4.79 Å². The number of hydrogen-bond acceptors (Lipinski definition) is 4. The monoisotopic (exact) mass is 314 g/mol. The third-order valence-electron chi connectivity index (χ3n) is 3.10. The van der Waals surface area contributed by atoms with Crippen LogP contribution in [0.5, 0.6) is 11.5 Å². The van der Waals surface area contributed by atoms with Gasteiger partial charge in [-0.1, -0.05) is 18.5 Å². The predicted molar refractivity (Wildman–Crippen MR) is 84.2 cm³/mol. The van der Waals surface area contributed by atoms with Gasteiger partial charge >= 0.3 is 0 Å². The Labute approximate surface area is 130 Å². The molecule has 0 radical (unpaired) electrons. The molecule has 0 saturated carbocycles. The largest absolute Gasteiger partial charge is 0.493 e. The SMILES string of the molecule is CCC(C)NC(=O)COc1c(CCN)cc(Cl)cc1OC. The summed E-state index contributed by atoms with van der Waals surface area (Å²) in [5.74, 6) is 0.856. The molecule has 0 aliphatic carbocycles. The van der Waals surface area contributed by atoms with Gasteiger partial charge in [0.15, 0.2) is 18.1 Å². The number of amides is 1. The highest BCUT2D eigenvalue weighted by molar-refractivity contribution is 6.30. The van der Waals surface area contributed by atoms with Gasteiger partial charge in [0, 0.05) is 22.7 Å². The van der Waals surface area contributed by atoms with Crippen molar-refractivity contribution in [2.75, 3.05) is 20.3 Å². The van der Waals surface area contributed by atoms with Crippen LogP contribution in [0.2, 0.25) is 5.02 Å². The van der Waals surface area contributed by atoms with E-state index in [2.05, 4.69) is 5.32 Å². The molecular weight excluding hydrogens is 292 g/mol. The lowest BCUT2D eigenvalue weighted by molar-refractivity contribution is -0.123. The number of nitrogens with two attached hydrogens (primary N) is 1. The summed E-state index contributed by atoms with van der Waals surface area (Å²) in [4.78, 5) is 11.8. The quantitative estimate of drug-likeness (QED) is 0.771. The van der Waals surface area contributed by atoms with Crippen molar-refractivity contribution in [1.29, 1.82) is 0 Å². The average molecular weight is 315 g/mol. The molecular formula is C15H23ClN2O3. The van der Waals surface area contributed by atoms with Crippen LogP contribution < -0.4 is 20.5 Å². The first kappa shape index (κ1) is 17.6. The van der Waals surface area contributed by atoms with Gasteiger partial charge in [0.2, 0.25) is 0 Å². The van der Waals surface area contributed by atoms with Gasteiger partial charge in [-0.15, -0.1) is 0 Å². The molecule has 1 aromatic rings. The van der Waals surface area contributed by atoms with E-state index in [0.29, 0.717) is 29.5 Å². The van der Waals surface area contributed by atoms with Crippen LogP contribution in [0, 0.1) is 0 Å². The van der Waals surface area contributed by atoms with Crippen LogP contribution in [-0.4, -0.2) is 32.2 Å². The summed E-state index contributed by atoms with van der Waals surface area (Å²) in [7, 11) is 1.53. The summed E-state index contributed by atoms with van der Waals surface area (Å²) in [5, 5.41) is 3.39. The molecule has 0 aliphatic heterocycles. The lowest BCUT2D eigenvalue weighted by Crippen LogP contribution is -2.35. The molecule has 0 bridgehead atoms. The average Bonchev–Trinajstić information content (AvgIpc) is 2.45. The fourth-order valence-electron chi connectivity index (χ4n) is 1.84. The summed E-state index contributed by atoms with van der Waals surface area (Å²) in [6.07, 6.45) is 1.47. The number of rotatable bonds is 8. The van der Waals surface area contributed by atoms with Crippen molar-refractivity contribution in [2.45, 2.75) is 32.7 Å². The van der Waals surface area contributed by atoms with Gasteiger partial charge in [0.05, 0.1) is 7.11 Å². The zero-order valence-electron chi connectivity index (χ0n) is 12.7. The highest BCUT2D eigenvalue weighted by Crippen LogP contribution is 2.34. The molecule has 0 saturated heterocycles. The zero-order chi connectivity index (χ0) is 15.8. The second-order valence-corrected chi connectivity index (χ2v) is 5.24. The highest BCUT2D eigenvalue weighted by Gasteiger charge is 2.14. The van der Waals surface area contributed by atoms with Gasteiger partial charge in [0.1, 0.15) is 0 Å². The van der Waals surface area contributed by atoms with Crippen LogP contribution in [0.3, 0.4) is 0 Å². The molecule has 21 heavy (non-hydrogen) atoms. The van der Waals surface area contributed by atoms with Crippen molar-refractivity contribution in [3.63, 3.8) is 0 Å². The van der Waals surface area contributed by atoms with E-state index in [1.807, 2.05) is 13.8 Å². The van der Waals surface area contributed by atoms with E-state index in [1.165, 1.54) is 7.11 Å². The van der Waals surface area contributed by atoms with Crippen molar-refractivity contribution >= 4 is 17.5 Å². The van der Waals surface area contributed by atoms with Crippen molar-refractivity contribution in [1.82, 2.24) is 5.32 Å². The minimum absolute atomic E-state index is 0.0695. The first-order valence-electron chi connectivity index (χ1n) is 7.00. The molecule has 0 spiro atoms. The van der Waals surface area contributed by atoms with Crippen LogP contribution in [0.4, 0.5) is 0 Å². The fourth-order valence-corrected chi connectivity index (χ4v) is 2.07. The van der Waals surface area contributed by atoms with Crippen molar-refractivity contribution in [2.24, 2.45) is 5.73 Å². The molecule has 118 valence electrons. The molecule has 6 heteroatoms. The molecule has 0 fully saturated rings. The van der Waals surface area contributed by atoms with Gasteiger partial charge in [-0.05, 0) is 32.4 Å². The molecule has 1 aromatic carbocycles. The van der Waals surface area contributed by atoms with E-state index in [1.54, 1.807) is 12.1 Å². The highest BCUT2D eigenvalue weighted by atomic mass is 35.5. The molecule has 1 atom stereocenters. The normalized spacial score (nSPS) is 11.9. The summed E-state index contributed by atoms with van der Waals surface area (Å²) < 4.78 is 10.9. The summed E-state index contributed by atoms with van der Waals surface area (Å²) in [5.41, 5.74) is 6.42. The van der Waals surface area contributed by atoms with E-state index in [4.69, 9.17) is 26.8 Å². The van der Waals surface area contributed by atoms with E-state index in [0.717, 1.165) is 12.0 Å². The Hall–Kier alpha value is -1.46. The van der Waals surface area contributed by atoms with Gasteiger partial charge in [-0.25, -0.2) is 0 Å². The summed E-state index contributed by atoms with van der Waals surface area (Å²) in [6, 6.07) is 3.55. The Morgan fingerprint density at radius 1 is 1.48 bits per heavy atom. The first-order valence-corrected chi connectivity index (χ1v) is 7.38. The minimum Gasteiger partial charge on any atom is -0.493 e. The number of carbonyl (C=O) groups excluding carboxylic acids is 1. The lowest BCUT2D eigenvalue weighted by Gasteiger charge is -2.16. The molecule has 0 aromatic heterocycles. The molecule has 1 unspecified atom stereocenters. The van der Waals surface area contributed by atoms with Crippen molar-refractivity contribution < 1.29 is 14.3 Å². The second-order valence-electron chi connectivity index (χ2n) is 4.80. The van der Waals surface area contributed by atoms with Gasteiger partial charge in [-0.3, -0.25) is 4.79 Å². The predicted octanol–water partition coefficient (Wildman–Crippen LogP) is 2.14. The van der Waals surface area contributed by atoms with Crippen LogP contribution in [0.15, 0.2) is 12.1 Å². The zero-order valence-corrected chi connectivity index (χ0v) is 13.5. The Kier molecular flexibility index (Phi) is 7.32. The third-order valence-corrected chi connectivity index (χ3v) is 3.32. The topological polar surface area (TPSA) is 73.6 Å². The van der Waals surface area contributed by atoms with Crippen LogP contribution in [-0.2, 0) is 11.2 Å². The summed E-state index contributed by atoms with van der Waals surface area (Å²) >= 11 is 6.03. The number of ether oxygens (including phenoxy) is 2. The maximum absolute atomic E-state index is 11.8. The van der Waals surface area contributed by atoms with E-state index < -0.39 is 0 Å². The number of hydrogen-bond donors (Lipinski definition) is 2. The van der Waals surface area contributed by atoms with Crippen LogP contribution in [0.1, 0.15) is 25.8 Å². The molecule has 0 aliphatic rings. The van der Waals surface area contributed by atoms with Crippen molar-refractivity contribution in [3.05, 3.63) is 22.7 Å². The van der Waals surface area contributed by atoms with Gasteiger partial charge in [-0.2, -0.15) is 0 Å². The molecule has 1 amide bonds. The Morgan fingerprint density at radius 2 is 2.19 bits per heavy atom. The third kappa shape index (κ3) is 5.44. The first-order chi connectivity index (χ1) is 10.0. The molecule has 3 N–H and O–H groups in total. The van der Waals surface area contributed by atoms with Gasteiger partial charge in [0.25, 0.3) is 5.91 Å². The Morgan fingerprint density at radius 3 is 2.76 bits per heavy atom. The number of methoxy groups -OCH3 is 1. The van der Waals surface area contributed by atoms with E-state index >= 15 is 0 Å². The molecule has 0 heterocycles. The lowest BCUT2D eigenvalue weighted by atomic mass is 10.1. The number of benzene rings is 1. The second kappa shape index (κ2) is 8.74. The van der Waals surface area contributed by atoms with E-state index in [-0.39, 0.29) is 18.6 Å². The smallest absolute Gasteiger partial charge is 0.258 e. The molecule has 5 nitrogen and oxygen atoms in total. The van der Waals surface area contributed by atoms with Crippen molar-refractivity contribution in [3.8, 4) is 11.5 Å². The maximum Gasteiger partial charge on any atom is 0.258 e. The molecule has 1 rings (SSSR count). The van der Waals surface area contributed by atoms with Crippen LogP contribution >= 0.6 is 11.6 Å². The Balaban J connectivity index is 2.83. The standard InChI is InChI=1S/C15H23ClN2O3/c1-4-10(2)18-14(19)9-21-15-11(5-6-17)7-12(16)8-13(15)20-3/h7-8,10H,4-6,9,17H2,1-3H3,(H,18,19). The maximum atomic E-state index is 11.8. The number of nitrogens with one attached hydrogen (secondary N) is 1. The Bertz CT molecular complexity index is 480. The van der Waals surface area contributed by atoms with Crippen LogP contribution in [0.25, 0.3) is 0 Å². The van der Waals surface area contributed by atoms with Gasteiger partial charge < -0.3 is 20.5 Å².